The molecule has 104 valence electrons. The summed E-state index contributed by atoms with van der Waals surface area (Å²) in [7, 11) is 0. The van der Waals surface area contributed by atoms with Gasteiger partial charge in [-0.2, -0.15) is 0 Å². The highest BCUT2D eigenvalue weighted by molar-refractivity contribution is 7.99. The molecular formula is C11H11N5O3S. The van der Waals surface area contributed by atoms with Crippen molar-refractivity contribution in [3.05, 3.63) is 46.3 Å². The van der Waals surface area contributed by atoms with Crippen LogP contribution in [0.4, 0.5) is 5.69 Å². The number of nitro groups is 1. The van der Waals surface area contributed by atoms with Gasteiger partial charge in [0.2, 0.25) is 5.91 Å². The monoisotopic (exact) mass is 293 g/mol. The lowest BCUT2D eigenvalue weighted by Crippen LogP contribution is -2.13. The number of hydrogen-bond acceptors (Lipinski definition) is 6. The molecule has 2 aromatic rings. The van der Waals surface area contributed by atoms with E-state index in [4.69, 9.17) is 5.73 Å². The van der Waals surface area contributed by atoms with Crippen LogP contribution in [0, 0.1) is 10.1 Å². The molecule has 0 bridgehead atoms. The van der Waals surface area contributed by atoms with E-state index in [1.165, 1.54) is 30.2 Å². The fourth-order valence-corrected chi connectivity index (χ4v) is 2.17. The zero-order chi connectivity index (χ0) is 14.5. The van der Waals surface area contributed by atoms with E-state index in [1.807, 2.05) is 0 Å². The van der Waals surface area contributed by atoms with Crippen LogP contribution >= 0.6 is 11.8 Å². The first kappa shape index (κ1) is 14.0. The Labute approximate surface area is 118 Å². The zero-order valence-electron chi connectivity index (χ0n) is 10.3. The Morgan fingerprint density at radius 2 is 2.10 bits per heavy atom. The van der Waals surface area contributed by atoms with E-state index < -0.39 is 10.8 Å². The standard InChI is InChI=1S/C11H11N5O3S/c12-10(17)6-20-11-14-13-7-15(11)5-8-1-3-9(4-2-8)16(18)19/h1-4,7H,5-6H2,(H2,12,17). The number of carbonyl (C=O) groups is 1. The third kappa shape index (κ3) is 3.54. The number of thioether (sulfide) groups is 1. The normalized spacial score (nSPS) is 10.4. The SMILES string of the molecule is NC(=O)CSc1nncn1Cc1ccc([N+](=O)[O-])cc1. The van der Waals surface area contributed by atoms with Crippen LogP contribution in [0.3, 0.4) is 0 Å². The Kier molecular flexibility index (Phi) is 4.31. The molecule has 0 atom stereocenters. The van der Waals surface area contributed by atoms with Crippen LogP contribution < -0.4 is 5.73 Å². The van der Waals surface area contributed by atoms with Crippen molar-refractivity contribution < 1.29 is 9.72 Å². The third-order valence-corrected chi connectivity index (χ3v) is 3.43. The average Bonchev–Trinajstić information content (AvgIpc) is 2.84. The molecule has 20 heavy (non-hydrogen) atoms. The van der Waals surface area contributed by atoms with Gasteiger partial charge in [0, 0.05) is 12.1 Å². The highest BCUT2D eigenvalue weighted by Crippen LogP contribution is 2.17. The number of nitrogens with two attached hydrogens (primary N) is 1. The van der Waals surface area contributed by atoms with E-state index >= 15 is 0 Å². The molecular weight excluding hydrogens is 282 g/mol. The number of hydrogen-bond donors (Lipinski definition) is 1. The molecule has 0 radical (unpaired) electrons. The van der Waals surface area contributed by atoms with Crippen molar-refractivity contribution in [3.8, 4) is 0 Å². The lowest BCUT2D eigenvalue weighted by Gasteiger charge is -2.05. The minimum atomic E-state index is -0.448. The second-order valence-electron chi connectivity index (χ2n) is 3.92. The van der Waals surface area contributed by atoms with E-state index in [9.17, 15) is 14.9 Å². The molecule has 9 heteroatoms. The van der Waals surface area contributed by atoms with E-state index in [0.29, 0.717) is 11.7 Å². The Balaban J connectivity index is 2.08. The Hall–Kier alpha value is -2.42. The number of rotatable bonds is 6. The molecule has 0 unspecified atom stereocenters. The maximum atomic E-state index is 10.7. The summed E-state index contributed by atoms with van der Waals surface area (Å²) in [6, 6.07) is 6.22. The van der Waals surface area contributed by atoms with Gasteiger partial charge in [0.15, 0.2) is 5.16 Å². The maximum absolute atomic E-state index is 10.7. The summed E-state index contributed by atoms with van der Waals surface area (Å²) in [5, 5.41) is 18.8. The molecule has 0 saturated carbocycles. The minimum Gasteiger partial charge on any atom is -0.369 e. The Bertz CT molecular complexity index is 625. The van der Waals surface area contributed by atoms with Crippen molar-refractivity contribution in [1.82, 2.24) is 14.8 Å². The molecule has 8 nitrogen and oxygen atoms in total. The molecule has 0 aliphatic carbocycles. The van der Waals surface area contributed by atoms with Crippen molar-refractivity contribution in [2.24, 2.45) is 5.73 Å². The van der Waals surface area contributed by atoms with Gasteiger partial charge in [-0.25, -0.2) is 0 Å². The number of primary amides is 1. The van der Waals surface area contributed by atoms with Crippen LogP contribution in [0.5, 0.6) is 0 Å². The highest BCUT2D eigenvalue weighted by Gasteiger charge is 2.09. The van der Waals surface area contributed by atoms with Crippen LogP contribution in [-0.2, 0) is 11.3 Å². The molecule has 0 aliphatic heterocycles. The van der Waals surface area contributed by atoms with Gasteiger partial charge in [-0.15, -0.1) is 10.2 Å². The van der Waals surface area contributed by atoms with Gasteiger partial charge in [-0.3, -0.25) is 14.9 Å². The Morgan fingerprint density at radius 1 is 1.40 bits per heavy atom. The average molecular weight is 293 g/mol. The summed E-state index contributed by atoms with van der Waals surface area (Å²) in [6.45, 7) is 0.464. The first-order valence-electron chi connectivity index (χ1n) is 5.58. The lowest BCUT2D eigenvalue weighted by molar-refractivity contribution is -0.384. The van der Waals surface area contributed by atoms with Gasteiger partial charge in [0.25, 0.3) is 5.69 Å². The summed E-state index contributed by atoms with van der Waals surface area (Å²) in [5.41, 5.74) is 5.99. The number of benzene rings is 1. The molecule has 1 heterocycles. The summed E-state index contributed by atoms with van der Waals surface area (Å²) in [4.78, 5) is 20.9. The molecule has 0 saturated heterocycles. The van der Waals surface area contributed by atoms with Gasteiger partial charge in [-0.1, -0.05) is 23.9 Å². The Morgan fingerprint density at radius 3 is 2.70 bits per heavy atom. The fraction of sp³-hybridized carbons (Fsp3) is 0.182. The van der Waals surface area contributed by atoms with E-state index in [0.717, 1.165) is 5.56 Å². The fourth-order valence-electron chi connectivity index (χ4n) is 1.52. The van der Waals surface area contributed by atoms with Gasteiger partial charge >= 0.3 is 0 Å². The van der Waals surface area contributed by atoms with Crippen molar-refractivity contribution in [2.45, 2.75) is 11.7 Å². The molecule has 0 aliphatic rings. The highest BCUT2D eigenvalue weighted by atomic mass is 32.2. The number of aromatic nitrogens is 3. The minimum absolute atomic E-state index is 0.0424. The number of non-ortho nitro benzene ring substituents is 1. The molecule has 1 aromatic carbocycles. The van der Waals surface area contributed by atoms with Gasteiger partial charge in [0.1, 0.15) is 6.33 Å². The number of nitro benzene ring substituents is 1. The van der Waals surface area contributed by atoms with Crippen LogP contribution in [-0.4, -0.2) is 31.3 Å². The molecule has 2 N–H and O–H groups in total. The van der Waals surface area contributed by atoms with Crippen LogP contribution in [0.15, 0.2) is 35.7 Å². The quantitative estimate of drug-likeness (QED) is 0.478. The lowest BCUT2D eigenvalue weighted by atomic mass is 10.2. The summed E-state index contributed by atoms with van der Waals surface area (Å²) in [6.07, 6.45) is 1.53. The molecule has 0 fully saturated rings. The zero-order valence-corrected chi connectivity index (χ0v) is 11.1. The number of carbonyl (C=O) groups excluding carboxylic acids is 1. The van der Waals surface area contributed by atoms with E-state index in [-0.39, 0.29) is 11.4 Å². The smallest absolute Gasteiger partial charge is 0.269 e. The van der Waals surface area contributed by atoms with Crippen molar-refractivity contribution in [2.75, 3.05) is 5.75 Å². The van der Waals surface area contributed by atoms with E-state index in [1.54, 1.807) is 16.7 Å². The number of nitrogens with zero attached hydrogens (tertiary/aromatic N) is 4. The van der Waals surface area contributed by atoms with Crippen molar-refractivity contribution in [3.63, 3.8) is 0 Å². The van der Waals surface area contributed by atoms with Crippen LogP contribution in [0.1, 0.15) is 5.56 Å². The van der Waals surface area contributed by atoms with Crippen molar-refractivity contribution >= 4 is 23.4 Å². The first-order valence-corrected chi connectivity index (χ1v) is 6.57. The molecule has 2 rings (SSSR count). The topological polar surface area (TPSA) is 117 Å². The summed E-state index contributed by atoms with van der Waals surface area (Å²) in [5.74, 6) is -0.307. The maximum Gasteiger partial charge on any atom is 0.269 e. The summed E-state index contributed by atoms with van der Waals surface area (Å²) < 4.78 is 1.74. The van der Waals surface area contributed by atoms with Crippen LogP contribution in [0.25, 0.3) is 0 Å². The molecule has 1 aromatic heterocycles. The van der Waals surface area contributed by atoms with Crippen molar-refractivity contribution in [1.29, 1.82) is 0 Å². The van der Waals surface area contributed by atoms with Gasteiger partial charge in [-0.05, 0) is 5.56 Å². The summed E-state index contributed by atoms with van der Waals surface area (Å²) >= 11 is 1.20. The predicted molar refractivity (Wildman–Crippen MR) is 72.1 cm³/mol. The predicted octanol–water partition coefficient (Wildman–Crippen LogP) is 0.812. The molecule has 0 spiro atoms. The largest absolute Gasteiger partial charge is 0.369 e. The number of amides is 1. The van der Waals surface area contributed by atoms with Gasteiger partial charge in [0.05, 0.1) is 17.2 Å². The second kappa shape index (κ2) is 6.15. The van der Waals surface area contributed by atoms with E-state index in [2.05, 4.69) is 10.2 Å². The first-order chi connectivity index (χ1) is 9.56. The second-order valence-corrected chi connectivity index (χ2v) is 4.86. The van der Waals surface area contributed by atoms with Gasteiger partial charge < -0.3 is 10.3 Å². The van der Waals surface area contributed by atoms with Crippen LogP contribution in [0.2, 0.25) is 0 Å². The third-order valence-electron chi connectivity index (χ3n) is 2.42. The molecule has 1 amide bonds.